The normalized spacial score (nSPS) is 10.4. The summed E-state index contributed by atoms with van der Waals surface area (Å²) in [6, 6.07) is 9.14. The zero-order valence-electron chi connectivity index (χ0n) is 9.21. The van der Waals surface area contributed by atoms with Crippen molar-refractivity contribution in [2.75, 3.05) is 0 Å². The molecule has 1 heterocycles. The molecular weight excluding hydrogens is 204 g/mol. The van der Waals surface area contributed by atoms with Crippen LogP contribution in [0, 0.1) is 0 Å². The molecule has 16 heavy (non-hydrogen) atoms. The number of aromatic hydroxyl groups is 1. The van der Waals surface area contributed by atoms with Crippen molar-refractivity contribution in [3.63, 3.8) is 0 Å². The Bertz CT molecular complexity index is 574. The number of hydrogen-bond donors (Lipinski definition) is 1. The lowest BCUT2D eigenvalue weighted by molar-refractivity contribution is -0.681. The summed E-state index contributed by atoms with van der Waals surface area (Å²) in [6.07, 6.45) is 1.55. The smallest absolute Gasteiger partial charge is 0.348 e. The number of hydrogen-bond acceptors (Lipinski definition) is 2. The number of aromatic nitrogens is 2. The molecule has 0 atom stereocenters. The highest BCUT2D eigenvalue weighted by atomic mass is 16.3. The van der Waals surface area contributed by atoms with E-state index in [1.807, 2.05) is 18.2 Å². The van der Waals surface area contributed by atoms with Gasteiger partial charge < -0.3 is 5.11 Å². The van der Waals surface area contributed by atoms with Crippen molar-refractivity contribution in [3.8, 4) is 17.0 Å². The molecule has 0 aliphatic heterocycles. The predicted molar refractivity (Wildman–Crippen MR) is 60.0 cm³/mol. The van der Waals surface area contributed by atoms with Gasteiger partial charge in [0.05, 0.1) is 14.1 Å². The van der Waals surface area contributed by atoms with Gasteiger partial charge in [0.1, 0.15) is 0 Å². The van der Waals surface area contributed by atoms with Crippen LogP contribution in [0.25, 0.3) is 11.1 Å². The van der Waals surface area contributed by atoms with Crippen LogP contribution in [0.4, 0.5) is 0 Å². The highest BCUT2D eigenvalue weighted by molar-refractivity contribution is 5.65. The third-order valence-electron chi connectivity index (χ3n) is 2.50. The van der Waals surface area contributed by atoms with Gasteiger partial charge in [0.25, 0.3) is 5.88 Å². The zero-order valence-corrected chi connectivity index (χ0v) is 9.21. The predicted octanol–water partition coefficient (Wildman–Crippen LogP) is 0.582. The minimum Gasteiger partial charge on any atom is -0.477 e. The molecule has 1 aromatic heterocycles. The van der Waals surface area contributed by atoms with Crippen molar-refractivity contribution in [3.05, 3.63) is 47.0 Å². The van der Waals surface area contributed by atoms with Crippen LogP contribution in [0.15, 0.2) is 41.5 Å². The van der Waals surface area contributed by atoms with Crippen molar-refractivity contribution in [2.45, 2.75) is 0 Å². The standard InChI is InChI=1S/C12H12N2O2/c1-13-8-14(2)12(16)10(11(13)15)9-6-4-3-5-7-9/h3-8H,1-2H3/p+1. The molecule has 1 N–H and O–H groups in total. The second-order valence-electron chi connectivity index (χ2n) is 3.71. The molecule has 0 amide bonds. The summed E-state index contributed by atoms with van der Waals surface area (Å²) in [5, 5.41) is 9.91. The summed E-state index contributed by atoms with van der Waals surface area (Å²) >= 11 is 0. The first-order chi connectivity index (χ1) is 7.61. The Balaban J connectivity index is 2.80. The third-order valence-corrected chi connectivity index (χ3v) is 2.50. The summed E-state index contributed by atoms with van der Waals surface area (Å²) in [5.74, 6) is -0.0192. The summed E-state index contributed by atoms with van der Waals surface area (Å²) < 4.78 is 2.96. The molecule has 4 nitrogen and oxygen atoms in total. The topological polar surface area (TPSA) is 46.1 Å². The van der Waals surface area contributed by atoms with E-state index in [9.17, 15) is 9.90 Å². The van der Waals surface area contributed by atoms with Gasteiger partial charge in [0.15, 0.2) is 5.56 Å². The van der Waals surface area contributed by atoms with Crippen LogP contribution in [0.5, 0.6) is 5.88 Å². The Hall–Kier alpha value is -2.10. The van der Waals surface area contributed by atoms with E-state index in [4.69, 9.17) is 0 Å². The summed E-state index contributed by atoms with van der Waals surface area (Å²) in [7, 11) is 3.36. The molecule has 0 saturated heterocycles. The van der Waals surface area contributed by atoms with Gasteiger partial charge in [-0.25, -0.2) is 13.9 Å². The average Bonchev–Trinajstić information content (AvgIpc) is 2.28. The summed E-state index contributed by atoms with van der Waals surface area (Å²) in [4.78, 5) is 11.9. The van der Waals surface area contributed by atoms with Crippen LogP contribution in [-0.2, 0) is 14.1 Å². The monoisotopic (exact) mass is 217 g/mol. The Morgan fingerprint density at radius 1 is 1.25 bits per heavy atom. The molecule has 0 bridgehead atoms. The van der Waals surface area contributed by atoms with Crippen molar-refractivity contribution in [1.82, 2.24) is 4.57 Å². The summed E-state index contributed by atoms with van der Waals surface area (Å²) in [5.41, 5.74) is 0.840. The molecule has 82 valence electrons. The Morgan fingerprint density at radius 3 is 2.50 bits per heavy atom. The van der Waals surface area contributed by atoms with Gasteiger partial charge in [0.2, 0.25) is 6.33 Å². The molecule has 1 aromatic carbocycles. The van der Waals surface area contributed by atoms with Crippen LogP contribution >= 0.6 is 0 Å². The number of nitrogens with zero attached hydrogens (tertiary/aromatic N) is 2. The molecule has 0 aliphatic carbocycles. The van der Waals surface area contributed by atoms with Gasteiger partial charge in [-0.1, -0.05) is 30.3 Å². The maximum atomic E-state index is 11.9. The SMILES string of the molecule is Cn1c[n+](C)c(O)c(-c2ccccc2)c1=O. The van der Waals surface area contributed by atoms with E-state index in [0.717, 1.165) is 5.56 Å². The largest absolute Gasteiger partial charge is 0.477 e. The van der Waals surface area contributed by atoms with Crippen LogP contribution in [-0.4, -0.2) is 9.67 Å². The lowest BCUT2D eigenvalue weighted by Crippen LogP contribution is -2.36. The highest BCUT2D eigenvalue weighted by Gasteiger charge is 2.18. The minimum absolute atomic E-state index is 0.0192. The van der Waals surface area contributed by atoms with Crippen LogP contribution < -0.4 is 10.1 Å². The first-order valence-corrected chi connectivity index (χ1v) is 4.95. The second kappa shape index (κ2) is 3.81. The van der Waals surface area contributed by atoms with E-state index >= 15 is 0 Å². The van der Waals surface area contributed by atoms with E-state index in [-0.39, 0.29) is 11.4 Å². The molecule has 2 aromatic rings. The van der Waals surface area contributed by atoms with Gasteiger partial charge in [-0.05, 0) is 5.56 Å². The first kappa shape index (κ1) is 10.4. The fourth-order valence-electron chi connectivity index (χ4n) is 1.67. The molecule has 4 heteroatoms. The number of aryl methyl sites for hydroxylation is 2. The molecular formula is C12H13N2O2+. The Labute approximate surface area is 93.0 Å². The number of rotatable bonds is 1. The highest BCUT2D eigenvalue weighted by Crippen LogP contribution is 2.20. The molecule has 0 radical (unpaired) electrons. The van der Waals surface area contributed by atoms with E-state index in [2.05, 4.69) is 0 Å². The first-order valence-electron chi connectivity index (χ1n) is 4.95. The van der Waals surface area contributed by atoms with E-state index in [1.54, 1.807) is 32.6 Å². The molecule has 2 rings (SSSR count). The molecule has 0 unspecified atom stereocenters. The maximum absolute atomic E-state index is 11.9. The Morgan fingerprint density at radius 2 is 1.88 bits per heavy atom. The molecule has 0 spiro atoms. The van der Waals surface area contributed by atoms with Crippen molar-refractivity contribution in [2.24, 2.45) is 14.1 Å². The van der Waals surface area contributed by atoms with E-state index in [0.29, 0.717) is 5.56 Å². The van der Waals surface area contributed by atoms with Crippen molar-refractivity contribution in [1.29, 1.82) is 0 Å². The van der Waals surface area contributed by atoms with Gasteiger partial charge in [-0.2, -0.15) is 0 Å². The minimum atomic E-state index is -0.207. The lowest BCUT2D eigenvalue weighted by Gasteiger charge is -2.04. The summed E-state index contributed by atoms with van der Waals surface area (Å²) in [6.45, 7) is 0. The molecule has 0 fully saturated rings. The van der Waals surface area contributed by atoms with E-state index < -0.39 is 0 Å². The van der Waals surface area contributed by atoms with Gasteiger partial charge in [-0.15, -0.1) is 0 Å². The number of benzene rings is 1. The van der Waals surface area contributed by atoms with Crippen molar-refractivity contribution < 1.29 is 9.67 Å². The molecule has 0 aliphatic rings. The van der Waals surface area contributed by atoms with E-state index in [1.165, 1.54) is 9.13 Å². The maximum Gasteiger partial charge on any atom is 0.348 e. The second-order valence-corrected chi connectivity index (χ2v) is 3.71. The van der Waals surface area contributed by atoms with Crippen LogP contribution in [0.1, 0.15) is 0 Å². The van der Waals surface area contributed by atoms with Gasteiger partial charge in [0, 0.05) is 0 Å². The van der Waals surface area contributed by atoms with Crippen molar-refractivity contribution >= 4 is 0 Å². The quantitative estimate of drug-likeness (QED) is 0.710. The lowest BCUT2D eigenvalue weighted by atomic mass is 10.1. The van der Waals surface area contributed by atoms with Gasteiger partial charge in [-0.3, -0.25) is 0 Å². The Kier molecular flexibility index (Phi) is 2.48. The van der Waals surface area contributed by atoms with Gasteiger partial charge >= 0.3 is 5.56 Å². The zero-order chi connectivity index (χ0) is 11.7. The van der Waals surface area contributed by atoms with Crippen LogP contribution in [0.2, 0.25) is 0 Å². The fourth-order valence-corrected chi connectivity index (χ4v) is 1.67. The van der Waals surface area contributed by atoms with Crippen LogP contribution in [0.3, 0.4) is 0 Å². The third kappa shape index (κ3) is 1.58. The average molecular weight is 217 g/mol. The fraction of sp³-hybridized carbons (Fsp3) is 0.167. The molecule has 0 saturated carbocycles.